The average molecular weight is 454 g/mol. The molecule has 14 nitrogen and oxygen atoms in total. The number of amides is 2. The van der Waals surface area contributed by atoms with Crippen molar-refractivity contribution in [3.63, 3.8) is 0 Å². The first-order valence-electron chi connectivity index (χ1n) is 9.01. The van der Waals surface area contributed by atoms with Crippen molar-refractivity contribution < 1.29 is 34.0 Å². The normalized spacial score (nSPS) is 14.6. The maximum Gasteiger partial charge on any atom is 0.404 e. The molecule has 0 aromatic carbocycles. The Hall–Kier alpha value is -2.09. The van der Waals surface area contributed by atoms with Crippen LogP contribution in [0.2, 0.25) is 0 Å². The predicted octanol–water partition coefficient (Wildman–Crippen LogP) is -3.29. The summed E-state index contributed by atoms with van der Waals surface area (Å²) < 4.78 is 4.77. The van der Waals surface area contributed by atoms with Crippen LogP contribution in [0, 0.1) is 5.92 Å². The van der Waals surface area contributed by atoms with Crippen molar-refractivity contribution in [3.05, 3.63) is 0 Å². The quantitative estimate of drug-likeness (QED) is 0.0363. The van der Waals surface area contributed by atoms with Crippen LogP contribution in [-0.4, -0.2) is 82.0 Å². The summed E-state index contributed by atoms with van der Waals surface area (Å²) in [6.45, 7) is 3.65. The van der Waals surface area contributed by atoms with Crippen LogP contribution in [-0.2, 0) is 19.1 Å². The molecule has 0 bridgehead atoms. The molecule has 0 aliphatic carbocycles. The molecular weight excluding hydrogens is 421 g/mol. The molecule has 0 aromatic rings. The molecule has 0 rings (SSSR count). The average Bonchev–Trinajstić information content (AvgIpc) is 2.67. The second kappa shape index (κ2) is 12.6. The van der Waals surface area contributed by atoms with E-state index < -0.39 is 43.6 Å². The Labute approximate surface area is 175 Å². The molecule has 0 saturated carbocycles. The van der Waals surface area contributed by atoms with E-state index in [1.165, 1.54) is 0 Å². The lowest BCUT2D eigenvalue weighted by atomic mass is 10.0. The number of methoxy groups -OCH3 is 1. The Kier molecular flexibility index (Phi) is 11.7. The first-order chi connectivity index (χ1) is 13.7. The van der Waals surface area contributed by atoms with E-state index in [4.69, 9.17) is 17.2 Å². The molecule has 2 amide bonds. The van der Waals surface area contributed by atoms with E-state index in [1.54, 1.807) is 13.8 Å². The fourth-order valence-corrected chi connectivity index (χ4v) is 3.03. The topological polar surface area (TPSA) is 239 Å². The highest BCUT2D eigenvalue weighted by molar-refractivity contribution is 7.63. The number of carbonyl (C=O) groups is 3. The monoisotopic (exact) mass is 454 g/mol. The number of nitrogens with two attached hydrogens (primary N) is 3. The molecule has 30 heavy (non-hydrogen) atoms. The molecule has 0 heterocycles. The summed E-state index contributed by atoms with van der Waals surface area (Å²) in [5.74, 6) is -5.33. The fourth-order valence-electron chi connectivity index (χ4n) is 2.06. The number of guanidine groups is 1. The Morgan fingerprint density at radius 1 is 1.20 bits per heavy atom. The molecule has 0 aliphatic rings. The molecule has 0 saturated heterocycles. The van der Waals surface area contributed by atoms with Gasteiger partial charge >= 0.3 is 19.7 Å². The van der Waals surface area contributed by atoms with Crippen molar-refractivity contribution in [1.29, 1.82) is 0 Å². The number of aliphatic hydroxyl groups is 1. The van der Waals surface area contributed by atoms with Crippen LogP contribution in [0.25, 0.3) is 0 Å². The van der Waals surface area contributed by atoms with E-state index in [2.05, 4.69) is 20.5 Å². The van der Waals surface area contributed by atoms with E-state index in [0.717, 1.165) is 14.2 Å². The molecule has 0 aromatic heterocycles. The highest BCUT2D eigenvalue weighted by atomic mass is 31.2. The lowest BCUT2D eigenvalue weighted by molar-refractivity contribution is -0.147. The second-order valence-corrected chi connectivity index (χ2v) is 9.11. The van der Waals surface area contributed by atoms with E-state index in [-0.39, 0.29) is 24.8 Å². The summed E-state index contributed by atoms with van der Waals surface area (Å²) >= 11 is 0. The zero-order valence-electron chi connectivity index (χ0n) is 17.5. The standard InChI is InChI=1S/C15H32N7O7P/c1-8(2)10(16)12(24)20-9(6-5-7-19-15(17)18)11(23)21-22(3)30(27,28)14(26)13(25)29-4/h8-10,14,26-28H,5-7,16H2,1-4H3,(H5-,17,18,19,20,21,23,24)/p+1. The van der Waals surface area contributed by atoms with Crippen LogP contribution in [0.3, 0.4) is 0 Å². The van der Waals surface area contributed by atoms with E-state index in [1.807, 2.05) is 0 Å². The minimum Gasteiger partial charge on any atom is -0.464 e. The SMILES string of the molecule is COC(=O)C(O)[P+](O)(O)N(C)NC(=O)C(CCCN=C(N)N)NC(=O)C(N)C(C)C. The maximum absolute atomic E-state index is 12.6. The molecule has 0 aliphatic heterocycles. The smallest absolute Gasteiger partial charge is 0.404 e. The van der Waals surface area contributed by atoms with Crippen molar-refractivity contribution in [2.24, 2.45) is 28.1 Å². The summed E-state index contributed by atoms with van der Waals surface area (Å²) in [7, 11) is -2.53. The Balaban J connectivity index is 5.31. The van der Waals surface area contributed by atoms with Crippen molar-refractivity contribution in [1.82, 2.24) is 15.5 Å². The molecule has 3 atom stereocenters. The third-order valence-electron chi connectivity index (χ3n) is 4.05. The summed E-state index contributed by atoms with van der Waals surface area (Å²) in [5.41, 5.74) is 18.4. The number of rotatable bonds is 12. The zero-order valence-corrected chi connectivity index (χ0v) is 18.4. The minimum absolute atomic E-state index is 0.0921. The molecule has 0 fully saturated rings. The number of nitrogens with zero attached hydrogens (tertiary/aromatic N) is 2. The van der Waals surface area contributed by atoms with Gasteiger partial charge < -0.3 is 32.4 Å². The van der Waals surface area contributed by atoms with Gasteiger partial charge in [0.2, 0.25) is 5.91 Å². The number of hydrazine groups is 1. The van der Waals surface area contributed by atoms with Crippen LogP contribution in [0.1, 0.15) is 26.7 Å². The van der Waals surface area contributed by atoms with Crippen LogP contribution < -0.4 is 27.9 Å². The number of nitrogens with one attached hydrogen (secondary N) is 2. The van der Waals surface area contributed by atoms with Crippen molar-refractivity contribution in [2.45, 2.75) is 44.6 Å². The fraction of sp³-hybridized carbons (Fsp3) is 0.733. The van der Waals surface area contributed by atoms with Gasteiger partial charge in [-0.2, -0.15) is 9.79 Å². The van der Waals surface area contributed by atoms with Gasteiger partial charge in [-0.15, -0.1) is 0 Å². The van der Waals surface area contributed by atoms with Crippen molar-refractivity contribution >= 4 is 31.6 Å². The number of hydrogen-bond donors (Lipinski definition) is 8. The van der Waals surface area contributed by atoms with Crippen molar-refractivity contribution in [2.75, 3.05) is 20.7 Å². The molecule has 11 N–H and O–H groups in total. The largest absolute Gasteiger partial charge is 0.464 e. The second-order valence-electron chi connectivity index (χ2n) is 6.79. The van der Waals surface area contributed by atoms with Gasteiger partial charge in [-0.25, -0.2) is 4.79 Å². The highest BCUT2D eigenvalue weighted by Crippen LogP contribution is 2.55. The Morgan fingerprint density at radius 3 is 2.23 bits per heavy atom. The first kappa shape index (κ1) is 27.9. The van der Waals surface area contributed by atoms with Gasteiger partial charge in [0, 0.05) is 13.6 Å². The van der Waals surface area contributed by atoms with Gasteiger partial charge in [-0.3, -0.25) is 20.0 Å². The zero-order chi connectivity index (χ0) is 23.6. The van der Waals surface area contributed by atoms with Crippen LogP contribution in [0.15, 0.2) is 4.99 Å². The molecular formula is C15H33N7O7P+. The number of hydrogen-bond acceptors (Lipinski definition) is 10. The number of aliphatic imine (C=N–C) groups is 1. The van der Waals surface area contributed by atoms with Crippen LogP contribution >= 0.6 is 7.87 Å². The van der Waals surface area contributed by atoms with Gasteiger partial charge in [0.05, 0.1) is 13.2 Å². The minimum atomic E-state index is -4.51. The van der Waals surface area contributed by atoms with Gasteiger partial charge in [-0.05, 0) is 23.5 Å². The Bertz CT molecular complexity index is 628. The summed E-state index contributed by atoms with van der Waals surface area (Å²) in [6, 6.07) is -2.01. The molecule has 0 radical (unpaired) electrons. The van der Waals surface area contributed by atoms with Crippen LogP contribution in [0.4, 0.5) is 0 Å². The van der Waals surface area contributed by atoms with E-state index >= 15 is 0 Å². The number of ether oxygens (including phenoxy) is 1. The summed E-state index contributed by atoms with van der Waals surface area (Å²) in [6.07, 6.45) is 0.398. The molecule has 15 heteroatoms. The highest BCUT2D eigenvalue weighted by Gasteiger charge is 2.55. The lowest BCUT2D eigenvalue weighted by Gasteiger charge is -2.27. The third-order valence-corrected chi connectivity index (χ3v) is 5.90. The van der Waals surface area contributed by atoms with Gasteiger partial charge in [0.1, 0.15) is 6.04 Å². The maximum atomic E-state index is 12.6. The number of carbonyl (C=O) groups excluding carboxylic acids is 3. The van der Waals surface area contributed by atoms with Gasteiger partial charge in [0.25, 0.3) is 5.91 Å². The van der Waals surface area contributed by atoms with Gasteiger partial charge in [-0.1, -0.05) is 13.8 Å². The molecule has 174 valence electrons. The third kappa shape index (κ3) is 8.73. The summed E-state index contributed by atoms with van der Waals surface area (Å²) in [4.78, 5) is 60.2. The van der Waals surface area contributed by atoms with E-state index in [9.17, 15) is 29.3 Å². The predicted molar refractivity (Wildman–Crippen MR) is 110 cm³/mol. The molecule has 3 unspecified atom stereocenters. The van der Waals surface area contributed by atoms with Gasteiger partial charge in [0.15, 0.2) is 5.96 Å². The molecule has 0 spiro atoms. The number of esters is 1. The number of aliphatic hydroxyl groups excluding tert-OH is 1. The Morgan fingerprint density at radius 2 is 1.77 bits per heavy atom. The first-order valence-corrected chi connectivity index (χ1v) is 10.7. The van der Waals surface area contributed by atoms with Crippen LogP contribution in [0.5, 0.6) is 0 Å². The summed E-state index contributed by atoms with van der Waals surface area (Å²) in [5, 5.41) is 12.2. The van der Waals surface area contributed by atoms with E-state index in [0.29, 0.717) is 11.2 Å². The van der Waals surface area contributed by atoms with Crippen molar-refractivity contribution in [3.8, 4) is 0 Å². The lowest BCUT2D eigenvalue weighted by Crippen LogP contribution is -2.55.